The third-order valence-electron chi connectivity index (χ3n) is 4.51. The molecule has 1 fully saturated rings. The summed E-state index contributed by atoms with van der Waals surface area (Å²) in [6.07, 6.45) is 1.50. The van der Waals surface area contributed by atoms with Crippen LogP contribution in [-0.4, -0.2) is 47.2 Å². The topological polar surface area (TPSA) is 102 Å². The summed E-state index contributed by atoms with van der Waals surface area (Å²) in [5.74, 6) is -1.28. The summed E-state index contributed by atoms with van der Waals surface area (Å²) in [5, 5.41) is 2.38. The average Bonchev–Trinajstić information content (AvgIpc) is 3.06. The molecule has 1 saturated heterocycles. The molecule has 1 N–H and O–H groups in total. The van der Waals surface area contributed by atoms with Gasteiger partial charge in [0.25, 0.3) is 17.1 Å². The van der Waals surface area contributed by atoms with Crippen molar-refractivity contribution >= 4 is 58.1 Å². The molecule has 0 saturated carbocycles. The number of rotatable bonds is 8. The highest BCUT2D eigenvalue weighted by molar-refractivity contribution is 8.18. The number of nitrogens with one attached hydrogen (secondary N) is 1. The van der Waals surface area contributed by atoms with Crippen LogP contribution in [-0.2, 0) is 19.1 Å². The van der Waals surface area contributed by atoms with E-state index in [1.807, 2.05) is 6.07 Å². The maximum atomic E-state index is 12.7. The van der Waals surface area contributed by atoms with Gasteiger partial charge in [-0.15, -0.1) is 0 Å². The number of carbonyl (C=O) groups is 4. The highest BCUT2D eigenvalue weighted by Crippen LogP contribution is 2.35. The SMILES string of the molecule is CCOC(=O)C(C)N1C(=O)S/C(=C\c2ccc(OCC(=O)Nc3ccccc3)c(Cl)c2)C1=O. The van der Waals surface area contributed by atoms with E-state index in [4.69, 9.17) is 21.1 Å². The Balaban J connectivity index is 1.64. The molecule has 0 spiro atoms. The Morgan fingerprint density at radius 3 is 2.58 bits per heavy atom. The van der Waals surface area contributed by atoms with Crippen LogP contribution in [0.15, 0.2) is 53.4 Å². The summed E-state index contributed by atoms with van der Waals surface area (Å²) in [6.45, 7) is 2.99. The Hall–Kier alpha value is -3.30. The maximum Gasteiger partial charge on any atom is 0.329 e. The van der Waals surface area contributed by atoms with Crippen molar-refractivity contribution in [2.24, 2.45) is 0 Å². The van der Waals surface area contributed by atoms with E-state index < -0.39 is 23.2 Å². The molecule has 1 atom stereocenters. The van der Waals surface area contributed by atoms with Gasteiger partial charge in [0.15, 0.2) is 6.61 Å². The van der Waals surface area contributed by atoms with Gasteiger partial charge in [-0.25, -0.2) is 4.79 Å². The number of esters is 1. The van der Waals surface area contributed by atoms with Crippen LogP contribution in [0.5, 0.6) is 5.75 Å². The zero-order chi connectivity index (χ0) is 24.0. The quantitative estimate of drug-likeness (QED) is 0.435. The number of benzene rings is 2. The number of imide groups is 1. The van der Waals surface area contributed by atoms with Gasteiger partial charge in [0, 0.05) is 5.69 Å². The number of para-hydroxylation sites is 1. The lowest BCUT2D eigenvalue weighted by molar-refractivity contribution is -0.150. The summed E-state index contributed by atoms with van der Waals surface area (Å²) in [4.78, 5) is 49.9. The molecule has 1 aliphatic heterocycles. The molecular formula is C23H21ClN2O6S. The van der Waals surface area contributed by atoms with Gasteiger partial charge in [-0.2, -0.15) is 0 Å². The molecule has 33 heavy (non-hydrogen) atoms. The number of nitrogens with zero attached hydrogens (tertiary/aromatic N) is 1. The van der Waals surface area contributed by atoms with E-state index in [9.17, 15) is 19.2 Å². The van der Waals surface area contributed by atoms with Crippen LogP contribution in [0.25, 0.3) is 6.08 Å². The molecule has 3 rings (SSSR count). The van der Waals surface area contributed by atoms with Gasteiger partial charge in [-0.05, 0) is 61.5 Å². The van der Waals surface area contributed by atoms with E-state index in [1.165, 1.54) is 13.0 Å². The van der Waals surface area contributed by atoms with Gasteiger partial charge in [0.2, 0.25) is 0 Å². The number of carbonyl (C=O) groups excluding carboxylic acids is 4. The second-order valence-electron chi connectivity index (χ2n) is 6.87. The second kappa shape index (κ2) is 11.0. The Labute approximate surface area is 199 Å². The van der Waals surface area contributed by atoms with E-state index >= 15 is 0 Å². The van der Waals surface area contributed by atoms with Gasteiger partial charge >= 0.3 is 5.97 Å². The summed E-state index contributed by atoms with van der Waals surface area (Å²) in [6, 6.07) is 12.7. The van der Waals surface area contributed by atoms with Crippen molar-refractivity contribution in [1.29, 1.82) is 0 Å². The predicted molar refractivity (Wildman–Crippen MR) is 126 cm³/mol. The molecule has 0 aromatic heterocycles. The van der Waals surface area contributed by atoms with Crippen molar-refractivity contribution < 1.29 is 28.7 Å². The van der Waals surface area contributed by atoms with Crippen molar-refractivity contribution in [3.63, 3.8) is 0 Å². The lowest BCUT2D eigenvalue weighted by Gasteiger charge is -2.19. The molecule has 8 nitrogen and oxygen atoms in total. The van der Waals surface area contributed by atoms with Gasteiger partial charge in [-0.3, -0.25) is 19.3 Å². The summed E-state index contributed by atoms with van der Waals surface area (Å²) in [7, 11) is 0. The zero-order valence-corrected chi connectivity index (χ0v) is 19.4. The zero-order valence-electron chi connectivity index (χ0n) is 17.9. The minimum Gasteiger partial charge on any atom is -0.482 e. The first-order chi connectivity index (χ1) is 15.8. The molecular weight excluding hydrogens is 468 g/mol. The Bertz CT molecular complexity index is 1110. The number of thioether (sulfide) groups is 1. The fourth-order valence-electron chi connectivity index (χ4n) is 2.92. The largest absolute Gasteiger partial charge is 0.482 e. The van der Waals surface area contributed by atoms with E-state index in [0.717, 1.165) is 16.7 Å². The molecule has 2 aromatic carbocycles. The van der Waals surface area contributed by atoms with Crippen LogP contribution in [0.4, 0.5) is 10.5 Å². The molecule has 0 aliphatic carbocycles. The van der Waals surface area contributed by atoms with Gasteiger partial charge in [0.1, 0.15) is 11.8 Å². The van der Waals surface area contributed by atoms with Crippen LogP contribution in [0.3, 0.4) is 0 Å². The van der Waals surface area contributed by atoms with Crippen molar-refractivity contribution in [3.8, 4) is 5.75 Å². The first kappa shape index (κ1) is 24.3. The van der Waals surface area contributed by atoms with E-state index in [1.54, 1.807) is 49.4 Å². The van der Waals surface area contributed by atoms with E-state index in [0.29, 0.717) is 17.0 Å². The minimum absolute atomic E-state index is 0.149. The first-order valence-electron chi connectivity index (χ1n) is 10.0. The number of ether oxygens (including phenoxy) is 2. The van der Waals surface area contributed by atoms with Crippen molar-refractivity contribution in [3.05, 3.63) is 64.0 Å². The average molecular weight is 489 g/mol. The summed E-state index contributed by atoms with van der Waals surface area (Å²) < 4.78 is 10.4. The molecule has 10 heteroatoms. The normalized spacial score (nSPS) is 15.5. The van der Waals surface area contributed by atoms with Crippen molar-refractivity contribution in [2.45, 2.75) is 19.9 Å². The molecule has 0 bridgehead atoms. The first-order valence-corrected chi connectivity index (χ1v) is 11.2. The molecule has 1 unspecified atom stereocenters. The lowest BCUT2D eigenvalue weighted by atomic mass is 10.2. The maximum absolute atomic E-state index is 12.7. The summed E-state index contributed by atoms with van der Waals surface area (Å²) >= 11 is 6.99. The van der Waals surface area contributed by atoms with Crippen molar-refractivity contribution in [1.82, 2.24) is 4.90 Å². The molecule has 0 radical (unpaired) electrons. The summed E-state index contributed by atoms with van der Waals surface area (Å²) in [5.41, 5.74) is 1.20. The Morgan fingerprint density at radius 2 is 1.91 bits per heavy atom. The van der Waals surface area contributed by atoms with E-state index in [2.05, 4.69) is 5.32 Å². The number of amides is 3. The number of hydrogen-bond donors (Lipinski definition) is 1. The van der Waals surface area contributed by atoms with Crippen LogP contribution >= 0.6 is 23.4 Å². The molecule has 2 aromatic rings. The number of halogens is 1. The minimum atomic E-state index is -1.02. The van der Waals surface area contributed by atoms with Crippen LogP contribution in [0, 0.1) is 0 Å². The van der Waals surface area contributed by atoms with Crippen molar-refractivity contribution in [2.75, 3.05) is 18.5 Å². The van der Waals surface area contributed by atoms with E-state index in [-0.39, 0.29) is 29.0 Å². The third kappa shape index (κ3) is 6.15. The second-order valence-corrected chi connectivity index (χ2v) is 8.27. The molecule has 3 amide bonds. The molecule has 172 valence electrons. The number of anilines is 1. The smallest absolute Gasteiger partial charge is 0.329 e. The Morgan fingerprint density at radius 1 is 1.18 bits per heavy atom. The standard InChI is InChI=1S/C23H21ClN2O6S/c1-3-31-22(29)14(2)26-21(28)19(33-23(26)30)12-15-9-10-18(17(24)11-15)32-13-20(27)25-16-7-5-4-6-8-16/h4-12,14H,3,13H2,1-2H3,(H,25,27)/b19-12-. The highest BCUT2D eigenvalue weighted by Gasteiger charge is 2.41. The third-order valence-corrected chi connectivity index (χ3v) is 5.69. The van der Waals surface area contributed by atoms with Crippen LogP contribution in [0.2, 0.25) is 5.02 Å². The lowest BCUT2D eigenvalue weighted by Crippen LogP contribution is -2.42. The number of hydrogen-bond acceptors (Lipinski definition) is 7. The molecule has 1 aliphatic rings. The van der Waals surface area contributed by atoms with Gasteiger partial charge in [0.05, 0.1) is 16.5 Å². The predicted octanol–water partition coefficient (Wildman–Crippen LogP) is 4.35. The Kier molecular flexibility index (Phi) is 8.13. The fourth-order valence-corrected chi connectivity index (χ4v) is 4.07. The highest BCUT2D eigenvalue weighted by atomic mass is 35.5. The monoisotopic (exact) mass is 488 g/mol. The van der Waals surface area contributed by atoms with Crippen LogP contribution in [0.1, 0.15) is 19.4 Å². The molecule has 1 heterocycles. The van der Waals surface area contributed by atoms with Gasteiger partial charge in [-0.1, -0.05) is 35.9 Å². The van der Waals surface area contributed by atoms with Gasteiger partial charge < -0.3 is 14.8 Å². The fraction of sp³-hybridized carbons (Fsp3) is 0.217. The van der Waals surface area contributed by atoms with Crippen LogP contribution < -0.4 is 10.1 Å².